The van der Waals surface area contributed by atoms with Gasteiger partial charge in [-0.25, -0.2) is 0 Å². The minimum atomic E-state index is -0.817. The highest BCUT2D eigenvalue weighted by Gasteiger charge is 2.09. The average Bonchev–Trinajstić information content (AvgIpc) is 2.63. The second kappa shape index (κ2) is 6.30. The molecule has 1 aromatic rings. The van der Waals surface area contributed by atoms with Gasteiger partial charge in [0.25, 0.3) is 0 Å². The minimum absolute atomic E-state index is 0.497. The van der Waals surface area contributed by atoms with Crippen LogP contribution in [0.2, 0.25) is 0 Å². The smallest absolute Gasteiger partial charge is 0.133 e. The van der Waals surface area contributed by atoms with Crippen molar-refractivity contribution in [2.45, 2.75) is 6.54 Å². The molecular formula is C9H13NO2S3. The van der Waals surface area contributed by atoms with Gasteiger partial charge < -0.3 is 9.32 Å². The van der Waals surface area contributed by atoms with Crippen LogP contribution in [0, 0.1) is 0 Å². The third-order valence-corrected chi connectivity index (χ3v) is 3.14. The molecule has 1 unspecified atom stereocenters. The summed E-state index contributed by atoms with van der Waals surface area (Å²) in [6.07, 6.45) is 3.29. The summed E-state index contributed by atoms with van der Waals surface area (Å²) in [5.74, 6) is 1.41. The highest BCUT2D eigenvalue weighted by atomic mass is 32.2. The van der Waals surface area contributed by atoms with Gasteiger partial charge in [0.2, 0.25) is 0 Å². The van der Waals surface area contributed by atoms with Crippen LogP contribution in [0.25, 0.3) is 0 Å². The van der Waals surface area contributed by atoms with Gasteiger partial charge in [-0.2, -0.15) is 0 Å². The van der Waals surface area contributed by atoms with E-state index in [0.717, 1.165) is 5.76 Å². The second-order valence-electron chi connectivity index (χ2n) is 3.06. The fraction of sp³-hybridized carbons (Fsp3) is 0.444. The molecule has 1 atom stereocenters. The van der Waals surface area contributed by atoms with E-state index in [1.165, 1.54) is 0 Å². The molecule has 0 spiro atoms. The van der Waals surface area contributed by atoms with Crippen molar-refractivity contribution in [3.8, 4) is 0 Å². The largest absolute Gasteiger partial charge is 0.467 e. The van der Waals surface area contributed by atoms with Crippen LogP contribution in [0.5, 0.6) is 0 Å². The fourth-order valence-electron chi connectivity index (χ4n) is 1.07. The van der Waals surface area contributed by atoms with Crippen molar-refractivity contribution in [3.05, 3.63) is 24.2 Å². The molecule has 1 heterocycles. The van der Waals surface area contributed by atoms with E-state index in [4.69, 9.17) is 16.6 Å². The van der Waals surface area contributed by atoms with E-state index in [1.54, 1.807) is 12.5 Å². The first-order valence-electron chi connectivity index (χ1n) is 4.40. The Labute approximate surface area is 103 Å². The van der Waals surface area contributed by atoms with Crippen molar-refractivity contribution >= 4 is 40.0 Å². The van der Waals surface area contributed by atoms with Gasteiger partial charge in [0, 0.05) is 29.4 Å². The van der Waals surface area contributed by atoms with Crippen LogP contribution in [0.3, 0.4) is 0 Å². The Morgan fingerprint density at radius 1 is 1.73 bits per heavy atom. The van der Waals surface area contributed by atoms with Crippen LogP contribution in [0.1, 0.15) is 5.76 Å². The van der Waals surface area contributed by atoms with Crippen molar-refractivity contribution in [3.63, 3.8) is 0 Å². The van der Waals surface area contributed by atoms with Crippen LogP contribution in [0.15, 0.2) is 22.8 Å². The summed E-state index contributed by atoms with van der Waals surface area (Å²) in [7, 11) is -0.817. The predicted octanol–water partition coefficient (Wildman–Crippen LogP) is 1.67. The van der Waals surface area contributed by atoms with Crippen molar-refractivity contribution in [1.82, 2.24) is 4.90 Å². The molecule has 84 valence electrons. The normalized spacial score (nSPS) is 12.4. The van der Waals surface area contributed by atoms with E-state index in [1.807, 2.05) is 17.0 Å². The lowest BCUT2D eigenvalue weighted by Gasteiger charge is -2.20. The molecular weight excluding hydrogens is 250 g/mol. The molecule has 0 saturated carbocycles. The minimum Gasteiger partial charge on any atom is -0.467 e. The monoisotopic (exact) mass is 263 g/mol. The van der Waals surface area contributed by atoms with E-state index in [0.29, 0.717) is 23.2 Å². The molecule has 0 aliphatic carbocycles. The van der Waals surface area contributed by atoms with Gasteiger partial charge in [-0.05, 0) is 12.1 Å². The lowest BCUT2D eigenvalue weighted by atomic mass is 10.4. The first kappa shape index (κ1) is 12.7. The van der Waals surface area contributed by atoms with Gasteiger partial charge in [0.15, 0.2) is 0 Å². The Hall–Kier alpha value is -0.330. The maximum atomic E-state index is 11.0. The number of rotatable bonds is 5. The van der Waals surface area contributed by atoms with E-state index in [-0.39, 0.29) is 0 Å². The molecule has 0 N–H and O–H groups in total. The zero-order valence-electron chi connectivity index (χ0n) is 8.38. The molecule has 1 rings (SSSR count). The number of furan rings is 1. The summed E-state index contributed by atoms with van der Waals surface area (Å²) in [4.78, 5) is 1.86. The molecule has 0 fully saturated rings. The fourth-order valence-corrected chi connectivity index (χ4v) is 1.88. The standard InChI is InChI=1S/C9H13NO2S3/c1-15(11)6-4-10(9(13)14)7-8-3-2-5-12-8/h2-3,5H,4,6-7H2,1H3,(H,13,14). The molecule has 0 aromatic carbocycles. The number of hydrogen-bond donors (Lipinski definition) is 1. The van der Waals surface area contributed by atoms with Crippen LogP contribution in [0.4, 0.5) is 0 Å². The topological polar surface area (TPSA) is 33.5 Å². The predicted molar refractivity (Wildman–Crippen MR) is 69.6 cm³/mol. The molecule has 0 amide bonds. The van der Waals surface area contributed by atoms with Crippen molar-refractivity contribution in [1.29, 1.82) is 0 Å². The van der Waals surface area contributed by atoms with Gasteiger partial charge in [-0.3, -0.25) is 4.21 Å². The first-order chi connectivity index (χ1) is 7.09. The van der Waals surface area contributed by atoms with E-state index in [9.17, 15) is 4.21 Å². The van der Waals surface area contributed by atoms with Crippen LogP contribution in [-0.4, -0.2) is 32.0 Å². The molecule has 0 aliphatic heterocycles. The molecule has 1 aromatic heterocycles. The first-order valence-corrected chi connectivity index (χ1v) is 6.98. The number of thiol groups is 1. The Morgan fingerprint density at radius 2 is 2.47 bits per heavy atom. The van der Waals surface area contributed by atoms with Crippen molar-refractivity contribution in [2.24, 2.45) is 0 Å². The number of nitrogens with zero attached hydrogens (tertiary/aromatic N) is 1. The van der Waals surface area contributed by atoms with Gasteiger partial charge in [0.1, 0.15) is 10.1 Å². The number of thiocarbonyl (C=S) groups is 1. The highest BCUT2D eigenvalue weighted by molar-refractivity contribution is 8.10. The molecule has 3 nitrogen and oxygen atoms in total. The highest BCUT2D eigenvalue weighted by Crippen LogP contribution is 2.07. The van der Waals surface area contributed by atoms with Gasteiger partial charge in [0.05, 0.1) is 12.8 Å². The molecule has 0 saturated heterocycles. The SMILES string of the molecule is CS(=O)CCN(Cc1ccco1)C(=S)S. The van der Waals surface area contributed by atoms with E-state index < -0.39 is 10.8 Å². The molecule has 0 aliphatic rings. The average molecular weight is 263 g/mol. The lowest BCUT2D eigenvalue weighted by molar-refractivity contribution is 0.386. The zero-order chi connectivity index (χ0) is 11.3. The molecule has 6 heteroatoms. The third kappa shape index (κ3) is 4.81. The maximum absolute atomic E-state index is 11.0. The summed E-state index contributed by atoms with van der Waals surface area (Å²) in [6, 6.07) is 3.70. The van der Waals surface area contributed by atoms with Crippen LogP contribution >= 0.6 is 24.8 Å². The molecule has 0 bridgehead atoms. The maximum Gasteiger partial charge on any atom is 0.133 e. The Bertz CT molecular complexity index is 337. The van der Waals surface area contributed by atoms with Crippen LogP contribution < -0.4 is 0 Å². The Morgan fingerprint density at radius 3 is 2.93 bits per heavy atom. The quantitative estimate of drug-likeness (QED) is 0.647. The summed E-state index contributed by atoms with van der Waals surface area (Å²) in [5, 5.41) is 0. The molecule has 0 radical (unpaired) electrons. The van der Waals surface area contributed by atoms with Crippen molar-refractivity contribution < 1.29 is 8.63 Å². The van der Waals surface area contributed by atoms with Gasteiger partial charge >= 0.3 is 0 Å². The zero-order valence-corrected chi connectivity index (χ0v) is 10.9. The van der Waals surface area contributed by atoms with Gasteiger partial charge in [-0.1, -0.05) is 12.2 Å². The Kier molecular flexibility index (Phi) is 5.35. The number of hydrogen-bond acceptors (Lipinski definition) is 3. The van der Waals surface area contributed by atoms with E-state index >= 15 is 0 Å². The molecule has 15 heavy (non-hydrogen) atoms. The third-order valence-electron chi connectivity index (χ3n) is 1.85. The summed E-state index contributed by atoms with van der Waals surface area (Å²) >= 11 is 9.12. The van der Waals surface area contributed by atoms with Crippen molar-refractivity contribution in [2.75, 3.05) is 18.6 Å². The van der Waals surface area contributed by atoms with Crippen LogP contribution in [-0.2, 0) is 17.3 Å². The second-order valence-corrected chi connectivity index (χ2v) is 5.73. The summed E-state index contributed by atoms with van der Waals surface area (Å²) < 4.78 is 16.7. The van der Waals surface area contributed by atoms with E-state index in [2.05, 4.69) is 12.6 Å². The lowest BCUT2D eigenvalue weighted by Crippen LogP contribution is -2.29. The van der Waals surface area contributed by atoms with Gasteiger partial charge in [-0.15, -0.1) is 12.6 Å². The summed E-state index contributed by atoms with van der Waals surface area (Å²) in [5.41, 5.74) is 0. The summed E-state index contributed by atoms with van der Waals surface area (Å²) in [6.45, 7) is 1.21. The Balaban J connectivity index is 2.51.